The molecule has 0 rings (SSSR count). The maximum absolute atomic E-state index is 4.69. The molecule has 0 aromatic heterocycles. The van der Waals surface area contributed by atoms with Crippen molar-refractivity contribution in [3.8, 4) is 0 Å². The molecule has 0 saturated carbocycles. The molecule has 0 radical (unpaired) electrons. The molecule has 0 unspecified atom stereocenters. The van der Waals surface area contributed by atoms with Crippen LogP contribution < -0.4 is 0 Å². The van der Waals surface area contributed by atoms with Crippen molar-refractivity contribution in [2.75, 3.05) is 20.8 Å². The van der Waals surface area contributed by atoms with E-state index in [1.54, 1.807) is 14.2 Å². The molecular formula is C8H21NO. The molecule has 0 atom stereocenters. The average molecular weight is 147 g/mol. The predicted molar refractivity (Wildman–Crippen MR) is 49.0 cm³/mol. The van der Waals surface area contributed by atoms with Gasteiger partial charge in [0.1, 0.15) is 0 Å². The van der Waals surface area contributed by atoms with Crippen LogP contribution in [0.1, 0.15) is 27.2 Å². The molecule has 0 aliphatic rings. The highest BCUT2D eigenvalue weighted by Gasteiger charge is 1.66. The smallest absolute Gasteiger partial charge is 0.0459 e. The lowest BCUT2D eigenvalue weighted by Gasteiger charge is -1.84. The summed E-state index contributed by atoms with van der Waals surface area (Å²) in [7, 11) is 3.35. The van der Waals surface area contributed by atoms with Crippen LogP contribution in [0, 0.1) is 0 Å². The minimum atomic E-state index is 0.889. The normalized spacial score (nSPS) is 6.10. The monoisotopic (exact) mass is 147 g/mol. The number of nitrogens with zero attached hydrogens (tertiary/aromatic N) is 1. The van der Waals surface area contributed by atoms with E-state index in [2.05, 4.69) is 18.6 Å². The van der Waals surface area contributed by atoms with E-state index in [0.29, 0.717) is 0 Å². The molecule has 0 aromatic carbocycles. The van der Waals surface area contributed by atoms with Gasteiger partial charge in [-0.1, -0.05) is 20.8 Å². The third kappa shape index (κ3) is 126. The third-order valence-electron chi connectivity index (χ3n) is 0.408. The first-order valence-corrected chi connectivity index (χ1v) is 3.67. The van der Waals surface area contributed by atoms with Crippen molar-refractivity contribution in [3.63, 3.8) is 0 Å². The number of ether oxygens (including phenoxy) is 1. The molecule has 0 bridgehead atoms. The molecule has 2 nitrogen and oxygen atoms in total. The predicted octanol–water partition coefficient (Wildman–Crippen LogP) is 2.39. The van der Waals surface area contributed by atoms with Gasteiger partial charge in [0.05, 0.1) is 0 Å². The fourth-order valence-electron chi connectivity index (χ4n) is 0.204. The topological polar surface area (TPSA) is 21.6 Å². The lowest BCUT2D eigenvalue weighted by Crippen LogP contribution is -1.80. The Balaban J connectivity index is -0.0000000847. The van der Waals surface area contributed by atoms with Gasteiger partial charge >= 0.3 is 0 Å². The minimum absolute atomic E-state index is 0.889. The molecule has 0 heterocycles. The van der Waals surface area contributed by atoms with Crippen molar-refractivity contribution in [2.24, 2.45) is 4.99 Å². The SMILES string of the molecule is C=NC.CC.CCCOC. The van der Waals surface area contributed by atoms with Crippen LogP contribution >= 0.6 is 0 Å². The highest BCUT2D eigenvalue weighted by molar-refractivity contribution is 5.22. The van der Waals surface area contributed by atoms with E-state index in [4.69, 9.17) is 4.74 Å². The summed E-state index contributed by atoms with van der Waals surface area (Å²) in [5.41, 5.74) is 0. The van der Waals surface area contributed by atoms with Crippen LogP contribution in [-0.4, -0.2) is 27.5 Å². The van der Waals surface area contributed by atoms with Crippen LogP contribution in [0.5, 0.6) is 0 Å². The highest BCUT2D eigenvalue weighted by Crippen LogP contribution is 1.70. The molecule has 0 aromatic rings. The van der Waals surface area contributed by atoms with Gasteiger partial charge in [0.15, 0.2) is 0 Å². The van der Waals surface area contributed by atoms with Crippen molar-refractivity contribution in [2.45, 2.75) is 27.2 Å². The van der Waals surface area contributed by atoms with Gasteiger partial charge < -0.3 is 9.73 Å². The van der Waals surface area contributed by atoms with Gasteiger partial charge in [-0.15, -0.1) is 0 Å². The number of aliphatic imine (C=N–C) groups is 1. The van der Waals surface area contributed by atoms with Crippen LogP contribution in [0.3, 0.4) is 0 Å². The number of hydrogen-bond acceptors (Lipinski definition) is 2. The van der Waals surface area contributed by atoms with Crippen LogP contribution in [0.15, 0.2) is 4.99 Å². The molecule has 0 aliphatic carbocycles. The van der Waals surface area contributed by atoms with Gasteiger partial charge in [0.2, 0.25) is 0 Å². The van der Waals surface area contributed by atoms with E-state index in [-0.39, 0.29) is 0 Å². The van der Waals surface area contributed by atoms with E-state index in [9.17, 15) is 0 Å². The summed E-state index contributed by atoms with van der Waals surface area (Å²) in [5, 5.41) is 0. The quantitative estimate of drug-likeness (QED) is 0.549. The Labute approximate surface area is 65.3 Å². The Hall–Kier alpha value is -0.370. The lowest BCUT2D eigenvalue weighted by atomic mass is 10.5. The summed E-state index contributed by atoms with van der Waals surface area (Å²) >= 11 is 0. The van der Waals surface area contributed by atoms with Gasteiger partial charge in [-0.25, -0.2) is 0 Å². The van der Waals surface area contributed by atoms with E-state index in [1.807, 2.05) is 13.8 Å². The zero-order valence-electron chi connectivity index (χ0n) is 7.98. The molecule has 0 N–H and O–H groups in total. The Morgan fingerprint density at radius 1 is 1.40 bits per heavy atom. The molecule has 2 heteroatoms. The first-order chi connectivity index (χ1) is 4.83. The molecule has 10 heavy (non-hydrogen) atoms. The maximum atomic E-state index is 4.69. The molecule has 0 aliphatic heterocycles. The summed E-state index contributed by atoms with van der Waals surface area (Å²) in [6, 6.07) is 0. The second-order valence-corrected chi connectivity index (χ2v) is 1.31. The molecular weight excluding hydrogens is 126 g/mol. The first kappa shape index (κ1) is 16.3. The summed E-state index contributed by atoms with van der Waals surface area (Å²) < 4.78 is 4.69. The van der Waals surface area contributed by atoms with Crippen LogP contribution in [0.2, 0.25) is 0 Å². The third-order valence-corrected chi connectivity index (χ3v) is 0.408. The summed E-state index contributed by atoms with van der Waals surface area (Å²) in [5.74, 6) is 0. The Bertz CT molecular complexity index is 36.2. The van der Waals surface area contributed by atoms with Crippen molar-refractivity contribution in [1.82, 2.24) is 0 Å². The van der Waals surface area contributed by atoms with E-state index in [0.717, 1.165) is 13.0 Å². The van der Waals surface area contributed by atoms with Gasteiger partial charge in [0.25, 0.3) is 0 Å². The van der Waals surface area contributed by atoms with Crippen LogP contribution in [-0.2, 0) is 4.74 Å². The minimum Gasteiger partial charge on any atom is -0.385 e. The zero-order valence-corrected chi connectivity index (χ0v) is 7.98. The molecule has 0 saturated heterocycles. The van der Waals surface area contributed by atoms with Crippen LogP contribution in [0.4, 0.5) is 0 Å². The Morgan fingerprint density at radius 2 is 1.70 bits per heavy atom. The van der Waals surface area contributed by atoms with Gasteiger partial charge in [0, 0.05) is 20.8 Å². The molecule has 0 amide bonds. The summed E-state index contributed by atoms with van der Waals surface area (Å²) in [4.78, 5) is 3.25. The fourth-order valence-corrected chi connectivity index (χ4v) is 0.204. The Morgan fingerprint density at radius 3 is 1.70 bits per heavy atom. The number of hydrogen-bond donors (Lipinski definition) is 0. The van der Waals surface area contributed by atoms with E-state index < -0.39 is 0 Å². The molecule has 64 valence electrons. The van der Waals surface area contributed by atoms with Gasteiger partial charge in [-0.3, -0.25) is 0 Å². The Kier molecular flexibility index (Phi) is 62.2. The molecule has 0 fully saturated rings. The summed E-state index contributed by atoms with van der Waals surface area (Å²) in [6.07, 6.45) is 1.12. The first-order valence-electron chi connectivity index (χ1n) is 3.67. The van der Waals surface area contributed by atoms with Crippen molar-refractivity contribution < 1.29 is 4.74 Å². The second-order valence-electron chi connectivity index (χ2n) is 1.31. The van der Waals surface area contributed by atoms with Crippen LogP contribution in [0.25, 0.3) is 0 Å². The maximum Gasteiger partial charge on any atom is 0.0459 e. The standard InChI is InChI=1S/C4H10O.C2H5N.C2H6/c1-3-4-5-2;1-3-2;1-2/h3-4H2,1-2H3;1H2,2H3;1-2H3. The zero-order chi connectivity index (χ0) is 8.83. The largest absolute Gasteiger partial charge is 0.385 e. The number of rotatable bonds is 2. The van der Waals surface area contributed by atoms with Gasteiger partial charge in [-0.2, -0.15) is 0 Å². The summed E-state index contributed by atoms with van der Waals surface area (Å²) in [6.45, 7) is 10.1. The number of methoxy groups -OCH3 is 1. The van der Waals surface area contributed by atoms with E-state index in [1.165, 1.54) is 0 Å². The average Bonchev–Trinajstić information content (AvgIpc) is 1.96. The van der Waals surface area contributed by atoms with Gasteiger partial charge in [-0.05, 0) is 13.1 Å². The second kappa shape index (κ2) is 38.1. The molecule has 0 spiro atoms. The van der Waals surface area contributed by atoms with Crippen molar-refractivity contribution in [1.29, 1.82) is 0 Å². The van der Waals surface area contributed by atoms with Crippen molar-refractivity contribution >= 4 is 6.72 Å². The fraction of sp³-hybridized carbons (Fsp3) is 0.875. The lowest BCUT2D eigenvalue weighted by molar-refractivity contribution is 0.199. The van der Waals surface area contributed by atoms with Crippen molar-refractivity contribution in [3.05, 3.63) is 0 Å². The van der Waals surface area contributed by atoms with E-state index >= 15 is 0 Å². The highest BCUT2D eigenvalue weighted by atomic mass is 16.5.